The number of nitrogens with one attached hydrogen (secondary N) is 1. The van der Waals surface area contributed by atoms with Gasteiger partial charge in [-0.3, -0.25) is 14.4 Å². The van der Waals surface area contributed by atoms with Crippen molar-refractivity contribution in [3.63, 3.8) is 0 Å². The number of rotatable bonds is 8. The first-order valence-electron chi connectivity index (χ1n) is 9.25. The summed E-state index contributed by atoms with van der Waals surface area (Å²) in [6, 6.07) is 16.4. The first kappa shape index (κ1) is 22.3. The average molecular weight is 458 g/mol. The highest BCUT2D eigenvalue weighted by atomic mass is 35.5. The van der Waals surface area contributed by atoms with Crippen molar-refractivity contribution in [3.8, 4) is 0 Å². The predicted molar refractivity (Wildman–Crippen MR) is 120 cm³/mol. The van der Waals surface area contributed by atoms with E-state index in [0.29, 0.717) is 17.1 Å². The second-order valence-corrected chi connectivity index (χ2v) is 7.83. The lowest BCUT2D eigenvalue weighted by molar-refractivity contribution is -0.122. The minimum atomic E-state index is -0.828. The fraction of sp³-hybridized carbons (Fsp3) is 0.143. The maximum atomic E-state index is 13.2. The molecule has 3 aromatic rings. The molecule has 1 aromatic heterocycles. The molecule has 0 aliphatic carbocycles. The van der Waals surface area contributed by atoms with E-state index in [1.807, 2.05) is 30.3 Å². The third-order valence-electron chi connectivity index (χ3n) is 4.43. The normalized spacial score (nSPS) is 10.5. The van der Waals surface area contributed by atoms with Gasteiger partial charge in [0.1, 0.15) is 11.4 Å². The van der Waals surface area contributed by atoms with E-state index in [1.165, 1.54) is 4.90 Å². The van der Waals surface area contributed by atoms with Crippen LogP contribution in [0.3, 0.4) is 0 Å². The van der Waals surface area contributed by atoms with E-state index in [9.17, 15) is 14.4 Å². The highest BCUT2D eigenvalue weighted by Gasteiger charge is 2.26. The maximum absolute atomic E-state index is 13.2. The SMILES string of the molecule is NC(=O)c1nsc(C(=O)N(CC(=O)NCc2ccccc2)Cc2ccccc2Cl)c1N. The number of primary amides is 1. The second kappa shape index (κ2) is 10.1. The van der Waals surface area contributed by atoms with Gasteiger partial charge in [0, 0.05) is 18.1 Å². The predicted octanol–water partition coefficient (Wildman–Crippen LogP) is 2.44. The molecule has 0 fully saturated rings. The van der Waals surface area contributed by atoms with Gasteiger partial charge in [0.05, 0.1) is 5.69 Å². The summed E-state index contributed by atoms with van der Waals surface area (Å²) in [5, 5.41) is 3.25. The van der Waals surface area contributed by atoms with Crippen molar-refractivity contribution < 1.29 is 14.4 Å². The lowest BCUT2D eigenvalue weighted by Gasteiger charge is -2.22. The highest BCUT2D eigenvalue weighted by Crippen LogP contribution is 2.25. The van der Waals surface area contributed by atoms with Crippen LogP contribution in [0.15, 0.2) is 54.6 Å². The Labute approximate surface area is 188 Å². The van der Waals surface area contributed by atoms with Crippen molar-refractivity contribution >= 4 is 46.5 Å². The molecule has 10 heteroatoms. The van der Waals surface area contributed by atoms with Gasteiger partial charge in [0.2, 0.25) is 5.91 Å². The van der Waals surface area contributed by atoms with Crippen molar-refractivity contribution in [1.82, 2.24) is 14.6 Å². The molecule has 3 rings (SSSR count). The van der Waals surface area contributed by atoms with Crippen LogP contribution >= 0.6 is 23.1 Å². The Morgan fingerprint density at radius 1 is 1.06 bits per heavy atom. The number of aromatic nitrogens is 1. The number of halogens is 1. The molecule has 2 aromatic carbocycles. The van der Waals surface area contributed by atoms with E-state index < -0.39 is 11.8 Å². The lowest BCUT2D eigenvalue weighted by atomic mass is 10.2. The van der Waals surface area contributed by atoms with E-state index in [0.717, 1.165) is 17.1 Å². The summed E-state index contributed by atoms with van der Waals surface area (Å²) in [4.78, 5) is 38.5. The zero-order chi connectivity index (χ0) is 22.4. The van der Waals surface area contributed by atoms with Crippen LogP contribution in [-0.4, -0.2) is 33.5 Å². The molecule has 0 spiro atoms. The van der Waals surface area contributed by atoms with Crippen LogP contribution < -0.4 is 16.8 Å². The van der Waals surface area contributed by atoms with Gasteiger partial charge in [0.15, 0.2) is 5.69 Å². The molecule has 0 saturated carbocycles. The van der Waals surface area contributed by atoms with Crippen LogP contribution in [0.2, 0.25) is 5.02 Å². The number of nitrogen functional groups attached to an aromatic ring is 1. The van der Waals surface area contributed by atoms with Crippen molar-refractivity contribution in [1.29, 1.82) is 0 Å². The number of hydrogen-bond acceptors (Lipinski definition) is 6. The Bertz CT molecular complexity index is 1100. The van der Waals surface area contributed by atoms with Gasteiger partial charge in [0.25, 0.3) is 11.8 Å². The molecular formula is C21H20ClN5O3S. The number of anilines is 1. The Morgan fingerprint density at radius 3 is 2.39 bits per heavy atom. The monoisotopic (exact) mass is 457 g/mol. The summed E-state index contributed by atoms with van der Waals surface area (Å²) in [5.41, 5.74) is 12.5. The summed E-state index contributed by atoms with van der Waals surface area (Å²) in [6.45, 7) is 0.156. The van der Waals surface area contributed by atoms with Crippen LogP contribution in [0.4, 0.5) is 5.69 Å². The van der Waals surface area contributed by atoms with Gasteiger partial charge < -0.3 is 21.7 Å². The molecule has 0 atom stereocenters. The maximum Gasteiger partial charge on any atom is 0.270 e. The van der Waals surface area contributed by atoms with Crippen molar-refractivity contribution in [2.24, 2.45) is 5.73 Å². The zero-order valence-electron chi connectivity index (χ0n) is 16.4. The second-order valence-electron chi connectivity index (χ2n) is 6.65. The molecule has 0 radical (unpaired) electrons. The lowest BCUT2D eigenvalue weighted by Crippen LogP contribution is -2.40. The average Bonchev–Trinajstić information content (AvgIpc) is 3.15. The van der Waals surface area contributed by atoms with Crippen LogP contribution in [0, 0.1) is 0 Å². The van der Waals surface area contributed by atoms with Gasteiger partial charge in [-0.15, -0.1) is 0 Å². The summed E-state index contributed by atoms with van der Waals surface area (Å²) >= 11 is 7.00. The quantitative estimate of drug-likeness (QED) is 0.478. The molecule has 0 aliphatic heterocycles. The third-order valence-corrected chi connectivity index (χ3v) is 5.65. The first-order chi connectivity index (χ1) is 14.9. The largest absolute Gasteiger partial charge is 0.395 e. The summed E-state index contributed by atoms with van der Waals surface area (Å²) in [5.74, 6) is -1.73. The number of amides is 3. The Morgan fingerprint density at radius 2 is 1.74 bits per heavy atom. The van der Waals surface area contributed by atoms with E-state index in [-0.39, 0.29) is 35.3 Å². The molecule has 0 unspecified atom stereocenters. The van der Waals surface area contributed by atoms with Crippen molar-refractivity contribution in [2.45, 2.75) is 13.1 Å². The van der Waals surface area contributed by atoms with Crippen LogP contribution in [0.25, 0.3) is 0 Å². The van der Waals surface area contributed by atoms with Gasteiger partial charge in [-0.05, 0) is 28.7 Å². The minimum Gasteiger partial charge on any atom is -0.395 e. The number of nitrogens with zero attached hydrogens (tertiary/aromatic N) is 2. The topological polar surface area (TPSA) is 131 Å². The summed E-state index contributed by atoms with van der Waals surface area (Å²) < 4.78 is 3.87. The molecular weight excluding hydrogens is 438 g/mol. The minimum absolute atomic E-state index is 0.0386. The van der Waals surface area contributed by atoms with E-state index in [1.54, 1.807) is 24.3 Å². The van der Waals surface area contributed by atoms with Gasteiger partial charge >= 0.3 is 0 Å². The van der Waals surface area contributed by atoms with Gasteiger partial charge in [-0.2, -0.15) is 4.37 Å². The van der Waals surface area contributed by atoms with E-state index in [4.69, 9.17) is 23.1 Å². The number of hydrogen-bond donors (Lipinski definition) is 3. The Hall–Kier alpha value is -3.43. The van der Waals surface area contributed by atoms with Crippen LogP contribution in [-0.2, 0) is 17.9 Å². The zero-order valence-corrected chi connectivity index (χ0v) is 17.9. The molecule has 0 bridgehead atoms. The molecule has 31 heavy (non-hydrogen) atoms. The van der Waals surface area contributed by atoms with Crippen LogP contribution in [0.1, 0.15) is 31.3 Å². The van der Waals surface area contributed by atoms with Gasteiger partial charge in [-0.1, -0.05) is 60.1 Å². The van der Waals surface area contributed by atoms with Crippen molar-refractivity contribution in [2.75, 3.05) is 12.3 Å². The third kappa shape index (κ3) is 5.59. The van der Waals surface area contributed by atoms with Crippen LogP contribution in [0.5, 0.6) is 0 Å². The molecule has 1 heterocycles. The fourth-order valence-corrected chi connectivity index (χ4v) is 3.80. The fourth-order valence-electron chi connectivity index (χ4n) is 2.83. The van der Waals surface area contributed by atoms with Gasteiger partial charge in [-0.25, -0.2) is 0 Å². The molecule has 5 N–H and O–H groups in total. The molecule has 0 aliphatic rings. The number of benzene rings is 2. The van der Waals surface area contributed by atoms with E-state index in [2.05, 4.69) is 9.69 Å². The standard InChI is InChI=1S/C21H20ClN5O3S/c22-15-9-5-4-8-14(15)11-27(12-16(28)25-10-13-6-2-1-3-7-13)21(30)19-17(23)18(20(24)29)26-31-19/h1-9H,10-12,23H2,(H2,24,29)(H,25,28). The van der Waals surface area contributed by atoms with Crippen molar-refractivity contribution in [3.05, 3.63) is 81.3 Å². The summed E-state index contributed by atoms with van der Waals surface area (Å²) in [6.07, 6.45) is 0. The first-order valence-corrected chi connectivity index (χ1v) is 10.4. The molecule has 0 saturated heterocycles. The Kier molecular flexibility index (Phi) is 7.22. The molecule has 3 amide bonds. The summed E-state index contributed by atoms with van der Waals surface area (Å²) in [7, 11) is 0. The van der Waals surface area contributed by atoms with E-state index >= 15 is 0 Å². The molecule has 160 valence electrons. The number of carbonyl (C=O) groups is 3. The smallest absolute Gasteiger partial charge is 0.270 e. The number of nitrogens with two attached hydrogens (primary N) is 2. The molecule has 8 nitrogen and oxygen atoms in total. The highest BCUT2D eigenvalue weighted by molar-refractivity contribution is 7.09. The Balaban J connectivity index is 1.80. The number of carbonyl (C=O) groups excluding carboxylic acids is 3.